The molecule has 6 heteroatoms. The predicted molar refractivity (Wildman–Crippen MR) is 192 cm³/mol. The van der Waals surface area contributed by atoms with Crippen LogP contribution in [0.3, 0.4) is 0 Å². The minimum absolute atomic E-state index is 0.0643. The molecule has 0 spiro atoms. The number of hydrogen-bond donors (Lipinski definition) is 0. The molecule has 0 aromatic carbocycles. The predicted octanol–water partition coefficient (Wildman–Crippen LogP) is 12.1. The number of carbonyl (C=O) groups is 3. The van der Waals surface area contributed by atoms with Crippen LogP contribution in [0, 0.1) is 0 Å². The van der Waals surface area contributed by atoms with E-state index >= 15 is 0 Å². The van der Waals surface area contributed by atoms with Crippen LogP contribution < -0.4 is 0 Å². The standard InChI is InChI=1S/C40H76O6/c1-4-7-10-13-16-18-20-22-25-27-30-33-39(42)45-36-37(46-40(43)34-31-28-23-15-12-9-6-3)35-44-38(41)32-29-26-24-21-19-17-14-11-8-5-2/h37H,4-36H2,1-3H3/t37-/m0/s1. The molecular weight excluding hydrogens is 576 g/mol. The van der Waals surface area contributed by atoms with E-state index < -0.39 is 6.10 Å². The Labute approximate surface area is 285 Å². The van der Waals surface area contributed by atoms with Crippen molar-refractivity contribution in [3.63, 3.8) is 0 Å². The normalized spacial score (nSPS) is 11.8. The molecule has 0 aliphatic heterocycles. The highest BCUT2D eigenvalue weighted by molar-refractivity contribution is 5.71. The first-order valence-electron chi connectivity index (χ1n) is 20.0. The summed E-state index contributed by atoms with van der Waals surface area (Å²) in [6, 6.07) is 0. The van der Waals surface area contributed by atoms with Crippen LogP contribution in [0.1, 0.15) is 220 Å². The third kappa shape index (κ3) is 33.8. The molecule has 46 heavy (non-hydrogen) atoms. The highest BCUT2D eigenvalue weighted by atomic mass is 16.6. The maximum atomic E-state index is 12.5. The molecule has 272 valence electrons. The maximum Gasteiger partial charge on any atom is 0.306 e. The lowest BCUT2D eigenvalue weighted by Gasteiger charge is -2.18. The number of carbonyl (C=O) groups excluding carboxylic acids is 3. The summed E-state index contributed by atoms with van der Waals surface area (Å²) >= 11 is 0. The van der Waals surface area contributed by atoms with Gasteiger partial charge in [0.05, 0.1) is 0 Å². The van der Waals surface area contributed by atoms with Gasteiger partial charge in [0, 0.05) is 19.3 Å². The number of hydrogen-bond acceptors (Lipinski definition) is 6. The van der Waals surface area contributed by atoms with Gasteiger partial charge in [-0.3, -0.25) is 14.4 Å². The van der Waals surface area contributed by atoms with Gasteiger partial charge in [-0.25, -0.2) is 0 Å². The first-order chi connectivity index (χ1) is 22.5. The van der Waals surface area contributed by atoms with Gasteiger partial charge in [-0.2, -0.15) is 0 Å². The molecule has 0 aliphatic rings. The summed E-state index contributed by atoms with van der Waals surface area (Å²) in [5.74, 6) is -0.869. The molecule has 6 nitrogen and oxygen atoms in total. The Morgan fingerprint density at radius 3 is 0.870 bits per heavy atom. The molecule has 0 N–H and O–H groups in total. The summed E-state index contributed by atoms with van der Waals surface area (Å²) < 4.78 is 16.6. The monoisotopic (exact) mass is 653 g/mol. The van der Waals surface area contributed by atoms with Gasteiger partial charge in [0.2, 0.25) is 0 Å². The average Bonchev–Trinajstić information content (AvgIpc) is 3.05. The summed E-state index contributed by atoms with van der Waals surface area (Å²) in [5, 5.41) is 0. The van der Waals surface area contributed by atoms with Crippen LogP contribution in [0.5, 0.6) is 0 Å². The lowest BCUT2D eigenvalue weighted by molar-refractivity contribution is -0.167. The molecule has 0 radical (unpaired) electrons. The summed E-state index contributed by atoms with van der Waals surface area (Å²) in [6.45, 7) is 6.57. The Kier molecular flexibility index (Phi) is 35.0. The van der Waals surface area contributed by atoms with Crippen molar-refractivity contribution in [3.8, 4) is 0 Å². The minimum Gasteiger partial charge on any atom is -0.462 e. The molecule has 0 rings (SSSR count). The molecule has 0 saturated carbocycles. The van der Waals surface area contributed by atoms with Gasteiger partial charge in [0.25, 0.3) is 0 Å². The number of ether oxygens (including phenoxy) is 3. The second kappa shape index (κ2) is 36.2. The van der Waals surface area contributed by atoms with Crippen molar-refractivity contribution in [1.29, 1.82) is 0 Å². The van der Waals surface area contributed by atoms with E-state index in [4.69, 9.17) is 14.2 Å². The van der Waals surface area contributed by atoms with Crippen molar-refractivity contribution in [2.75, 3.05) is 13.2 Å². The molecule has 0 heterocycles. The van der Waals surface area contributed by atoms with Crippen LogP contribution in [-0.2, 0) is 28.6 Å². The van der Waals surface area contributed by atoms with Crippen LogP contribution in [0.15, 0.2) is 0 Å². The summed E-state index contributed by atoms with van der Waals surface area (Å²) in [4.78, 5) is 37.3. The van der Waals surface area contributed by atoms with Crippen LogP contribution in [0.4, 0.5) is 0 Å². The molecule has 0 fully saturated rings. The lowest BCUT2D eigenvalue weighted by atomic mass is 10.1. The second-order valence-corrected chi connectivity index (χ2v) is 13.6. The number of esters is 3. The lowest BCUT2D eigenvalue weighted by Crippen LogP contribution is -2.30. The fourth-order valence-corrected chi connectivity index (χ4v) is 5.79. The molecule has 1 atom stereocenters. The Morgan fingerprint density at radius 1 is 0.348 bits per heavy atom. The summed E-state index contributed by atoms with van der Waals surface area (Å²) in [6.07, 6.45) is 33.8. The first kappa shape index (κ1) is 44.4. The highest BCUT2D eigenvalue weighted by Gasteiger charge is 2.19. The number of unbranched alkanes of at least 4 members (excludes halogenated alkanes) is 25. The zero-order chi connectivity index (χ0) is 33.8. The van der Waals surface area contributed by atoms with Crippen molar-refractivity contribution in [2.24, 2.45) is 0 Å². The van der Waals surface area contributed by atoms with E-state index in [-0.39, 0.29) is 31.1 Å². The molecule has 0 aliphatic carbocycles. The Bertz CT molecular complexity index is 679. The quantitative estimate of drug-likeness (QED) is 0.0381. The number of rotatable bonds is 36. The molecular formula is C40H76O6. The Morgan fingerprint density at radius 2 is 0.587 bits per heavy atom. The van der Waals surface area contributed by atoms with Gasteiger partial charge in [-0.15, -0.1) is 0 Å². The zero-order valence-corrected chi connectivity index (χ0v) is 30.9. The van der Waals surface area contributed by atoms with E-state index in [1.165, 1.54) is 122 Å². The van der Waals surface area contributed by atoms with E-state index in [0.29, 0.717) is 19.3 Å². The van der Waals surface area contributed by atoms with Gasteiger partial charge >= 0.3 is 17.9 Å². The summed E-state index contributed by atoms with van der Waals surface area (Å²) in [5.41, 5.74) is 0. The zero-order valence-electron chi connectivity index (χ0n) is 30.9. The van der Waals surface area contributed by atoms with Crippen molar-refractivity contribution < 1.29 is 28.6 Å². The molecule has 0 saturated heterocycles. The smallest absolute Gasteiger partial charge is 0.306 e. The van der Waals surface area contributed by atoms with Crippen LogP contribution >= 0.6 is 0 Å². The summed E-state index contributed by atoms with van der Waals surface area (Å²) in [7, 11) is 0. The SMILES string of the molecule is CCCCCCCCCCCCCC(=O)OC[C@H](COC(=O)CCCCCCCCCCCC)OC(=O)CCCCCCCCC. The maximum absolute atomic E-state index is 12.5. The Balaban J connectivity index is 4.29. The van der Waals surface area contributed by atoms with E-state index in [1.807, 2.05) is 0 Å². The van der Waals surface area contributed by atoms with Gasteiger partial charge in [-0.1, -0.05) is 181 Å². The van der Waals surface area contributed by atoms with Crippen LogP contribution in [0.2, 0.25) is 0 Å². The van der Waals surface area contributed by atoms with Crippen LogP contribution in [-0.4, -0.2) is 37.2 Å². The molecule has 0 aromatic heterocycles. The third-order valence-corrected chi connectivity index (χ3v) is 8.86. The second-order valence-electron chi connectivity index (χ2n) is 13.6. The van der Waals surface area contributed by atoms with Crippen molar-refractivity contribution >= 4 is 17.9 Å². The minimum atomic E-state index is -0.755. The van der Waals surface area contributed by atoms with E-state index in [9.17, 15) is 14.4 Å². The van der Waals surface area contributed by atoms with E-state index in [0.717, 1.165) is 57.8 Å². The topological polar surface area (TPSA) is 78.9 Å². The van der Waals surface area contributed by atoms with Gasteiger partial charge in [-0.05, 0) is 19.3 Å². The fourth-order valence-electron chi connectivity index (χ4n) is 5.79. The molecule has 0 unspecified atom stereocenters. The average molecular weight is 653 g/mol. The highest BCUT2D eigenvalue weighted by Crippen LogP contribution is 2.14. The van der Waals surface area contributed by atoms with Crippen LogP contribution in [0.25, 0.3) is 0 Å². The van der Waals surface area contributed by atoms with Gasteiger partial charge in [0.1, 0.15) is 13.2 Å². The van der Waals surface area contributed by atoms with E-state index in [2.05, 4.69) is 20.8 Å². The fraction of sp³-hybridized carbons (Fsp3) is 0.925. The molecule has 0 amide bonds. The third-order valence-electron chi connectivity index (χ3n) is 8.86. The van der Waals surface area contributed by atoms with Gasteiger partial charge < -0.3 is 14.2 Å². The van der Waals surface area contributed by atoms with E-state index in [1.54, 1.807) is 0 Å². The van der Waals surface area contributed by atoms with Crippen molar-refractivity contribution in [3.05, 3.63) is 0 Å². The molecule has 0 aromatic rings. The first-order valence-corrected chi connectivity index (χ1v) is 20.0. The van der Waals surface area contributed by atoms with Crippen molar-refractivity contribution in [2.45, 2.75) is 226 Å². The molecule has 0 bridgehead atoms. The van der Waals surface area contributed by atoms with Gasteiger partial charge in [0.15, 0.2) is 6.10 Å². The Hall–Kier alpha value is -1.59. The largest absolute Gasteiger partial charge is 0.462 e. The van der Waals surface area contributed by atoms with Crippen molar-refractivity contribution in [1.82, 2.24) is 0 Å².